The number of hydrogen-bond acceptors (Lipinski definition) is 7. The molecule has 2 aromatic heterocycles. The van der Waals surface area contributed by atoms with Crippen molar-refractivity contribution in [2.45, 2.75) is 40.2 Å². The maximum absolute atomic E-state index is 11.6. The third-order valence-electron chi connectivity index (χ3n) is 5.47. The minimum atomic E-state index is -0.435. The van der Waals surface area contributed by atoms with Gasteiger partial charge in [-0.2, -0.15) is 0 Å². The van der Waals surface area contributed by atoms with Crippen LogP contribution in [0.1, 0.15) is 38.6 Å². The summed E-state index contributed by atoms with van der Waals surface area (Å²) in [7, 11) is 1.36. The van der Waals surface area contributed by atoms with Crippen molar-refractivity contribution in [1.29, 1.82) is 0 Å². The molecule has 1 aliphatic rings. The minimum absolute atomic E-state index is 0.0199. The normalized spacial score (nSPS) is 15.2. The number of rotatable bonds is 5. The lowest BCUT2D eigenvalue weighted by molar-refractivity contribution is 0.167. The highest BCUT2D eigenvalue weighted by atomic mass is 16.5. The Hall–Kier alpha value is -4.20. The van der Waals surface area contributed by atoms with Crippen LogP contribution in [0.2, 0.25) is 0 Å². The summed E-state index contributed by atoms with van der Waals surface area (Å²) in [6.45, 7) is 12.9. The highest BCUT2D eigenvalue weighted by Crippen LogP contribution is 2.30. The Labute approximate surface area is 219 Å². The monoisotopic (exact) mass is 503 g/mol. The molecule has 0 spiro atoms. The number of pyridine rings is 1. The first-order chi connectivity index (χ1) is 18.0. The van der Waals surface area contributed by atoms with Crippen LogP contribution in [-0.2, 0) is 4.74 Å². The number of benzene rings is 1. The number of amides is 1. The average Bonchev–Trinajstić information content (AvgIpc) is 3.41. The van der Waals surface area contributed by atoms with Gasteiger partial charge < -0.3 is 20.1 Å². The van der Waals surface area contributed by atoms with Crippen molar-refractivity contribution in [3.8, 4) is 0 Å². The summed E-state index contributed by atoms with van der Waals surface area (Å²) < 4.78 is 4.71. The van der Waals surface area contributed by atoms with Crippen LogP contribution in [0, 0.1) is 6.92 Å². The lowest BCUT2D eigenvalue weighted by Gasteiger charge is -2.21. The van der Waals surface area contributed by atoms with E-state index in [-0.39, 0.29) is 11.8 Å². The largest absolute Gasteiger partial charge is 0.508 e. The fourth-order valence-corrected chi connectivity index (χ4v) is 3.74. The van der Waals surface area contributed by atoms with Gasteiger partial charge in [0.1, 0.15) is 11.6 Å². The van der Waals surface area contributed by atoms with Crippen LogP contribution in [0.25, 0.3) is 16.5 Å². The zero-order valence-electron chi connectivity index (χ0n) is 22.3. The standard InChI is InChI=1S/C22H26N4O3.C5H5N.C2H6/c1-5-7-17(19(27)6-2)20-24-18-12-14(3)8-9-16(18)21(25-20)26-11-10-15(13-26)23-22(28)29-4;1-2-4-6-5-3-1;1-2/h5-9,12,15,27H,1,10-11,13H2,2-4H3,(H,23,28);1-5H;1-2H3/b17-7+,19-6+;;. The van der Waals surface area contributed by atoms with E-state index in [1.807, 2.05) is 57.2 Å². The van der Waals surface area contributed by atoms with Crippen molar-refractivity contribution in [2.75, 3.05) is 25.1 Å². The number of nitrogens with zero attached hydrogens (tertiary/aromatic N) is 4. The zero-order chi connectivity index (χ0) is 27.2. The number of methoxy groups -OCH3 is 1. The van der Waals surface area contributed by atoms with Gasteiger partial charge in [0.2, 0.25) is 0 Å². The van der Waals surface area contributed by atoms with E-state index in [1.54, 1.807) is 37.5 Å². The Balaban J connectivity index is 0.000000519. The quantitative estimate of drug-likeness (QED) is 0.325. The number of fused-ring (bicyclic) bond motifs is 1. The van der Waals surface area contributed by atoms with Crippen molar-refractivity contribution in [3.63, 3.8) is 0 Å². The number of aliphatic hydroxyl groups excluding tert-OH is 1. The molecule has 1 atom stereocenters. The first-order valence-electron chi connectivity index (χ1n) is 12.4. The molecule has 0 bridgehead atoms. The SMILES string of the molecule is C=C/C=C(\C(O)=C/C)c1nc(N2CCC(NC(=O)OC)C2)c2ccc(C)cc2n1.CC.c1ccncc1. The number of anilines is 1. The molecular formula is C29H37N5O3. The highest BCUT2D eigenvalue weighted by molar-refractivity contribution is 5.92. The number of aryl methyl sites for hydroxylation is 1. The van der Waals surface area contributed by atoms with Crippen molar-refractivity contribution < 1.29 is 14.6 Å². The second kappa shape index (κ2) is 15.0. The van der Waals surface area contributed by atoms with Crippen molar-refractivity contribution >= 4 is 28.4 Å². The van der Waals surface area contributed by atoms with E-state index in [0.717, 1.165) is 35.2 Å². The van der Waals surface area contributed by atoms with E-state index < -0.39 is 6.09 Å². The Morgan fingerprint density at radius 2 is 1.95 bits per heavy atom. The van der Waals surface area contributed by atoms with Crippen LogP contribution in [0.5, 0.6) is 0 Å². The number of hydrogen-bond donors (Lipinski definition) is 2. The molecule has 3 aromatic rings. The fourth-order valence-electron chi connectivity index (χ4n) is 3.74. The number of ether oxygens (including phenoxy) is 1. The van der Waals surface area contributed by atoms with E-state index in [0.29, 0.717) is 17.9 Å². The van der Waals surface area contributed by atoms with Gasteiger partial charge >= 0.3 is 6.09 Å². The molecule has 1 aromatic carbocycles. The molecule has 3 heterocycles. The summed E-state index contributed by atoms with van der Waals surface area (Å²) in [4.78, 5) is 26.9. The molecule has 0 saturated carbocycles. The first kappa shape index (κ1) is 29.0. The van der Waals surface area contributed by atoms with Gasteiger partial charge in [-0.1, -0.05) is 38.6 Å². The van der Waals surface area contributed by atoms with Crippen LogP contribution in [0.15, 0.2) is 79.4 Å². The van der Waals surface area contributed by atoms with Gasteiger partial charge in [-0.15, -0.1) is 0 Å². The van der Waals surface area contributed by atoms with Crippen molar-refractivity contribution in [1.82, 2.24) is 20.3 Å². The van der Waals surface area contributed by atoms with Gasteiger partial charge in [0.15, 0.2) is 5.82 Å². The van der Waals surface area contributed by atoms with Gasteiger partial charge in [-0.3, -0.25) is 4.98 Å². The minimum Gasteiger partial charge on any atom is -0.508 e. The number of nitrogens with one attached hydrogen (secondary N) is 1. The molecular weight excluding hydrogens is 466 g/mol. The molecule has 1 saturated heterocycles. The van der Waals surface area contributed by atoms with Gasteiger partial charge in [0.05, 0.1) is 24.2 Å². The molecule has 1 fully saturated rings. The van der Waals surface area contributed by atoms with Gasteiger partial charge in [0, 0.05) is 30.9 Å². The van der Waals surface area contributed by atoms with Crippen molar-refractivity contribution in [2.24, 2.45) is 0 Å². The van der Waals surface area contributed by atoms with Crippen LogP contribution in [0.4, 0.5) is 10.6 Å². The molecule has 1 unspecified atom stereocenters. The summed E-state index contributed by atoms with van der Waals surface area (Å²) in [5.74, 6) is 1.30. The molecule has 1 amide bonds. The smallest absolute Gasteiger partial charge is 0.407 e. The lowest BCUT2D eigenvalue weighted by atomic mass is 10.1. The molecule has 0 aliphatic carbocycles. The number of aliphatic hydroxyl groups is 1. The molecule has 1 aliphatic heterocycles. The van der Waals surface area contributed by atoms with Crippen LogP contribution in [0.3, 0.4) is 0 Å². The number of allylic oxidation sites excluding steroid dienone is 4. The second-order valence-corrected chi connectivity index (χ2v) is 7.97. The average molecular weight is 504 g/mol. The van der Waals surface area contributed by atoms with E-state index in [4.69, 9.17) is 14.7 Å². The summed E-state index contributed by atoms with van der Waals surface area (Å²) in [6.07, 6.45) is 8.75. The van der Waals surface area contributed by atoms with Crippen molar-refractivity contribution in [3.05, 3.63) is 90.7 Å². The molecule has 37 heavy (non-hydrogen) atoms. The van der Waals surface area contributed by atoms with Crippen LogP contribution >= 0.6 is 0 Å². The summed E-state index contributed by atoms with van der Waals surface area (Å²) in [6, 6.07) is 11.7. The molecule has 0 radical (unpaired) electrons. The second-order valence-electron chi connectivity index (χ2n) is 7.97. The third-order valence-corrected chi connectivity index (χ3v) is 5.47. The Morgan fingerprint density at radius 3 is 2.51 bits per heavy atom. The van der Waals surface area contributed by atoms with Gasteiger partial charge in [-0.25, -0.2) is 14.8 Å². The fraction of sp³-hybridized carbons (Fsp3) is 0.310. The number of carbonyl (C=O) groups is 1. The van der Waals surface area contributed by atoms with E-state index >= 15 is 0 Å². The molecule has 196 valence electrons. The van der Waals surface area contributed by atoms with E-state index in [1.165, 1.54) is 7.11 Å². The molecule has 2 N–H and O–H groups in total. The summed E-state index contributed by atoms with van der Waals surface area (Å²) in [5, 5.41) is 14.1. The first-order valence-corrected chi connectivity index (χ1v) is 12.4. The zero-order valence-corrected chi connectivity index (χ0v) is 22.3. The van der Waals surface area contributed by atoms with Crippen LogP contribution < -0.4 is 10.2 Å². The summed E-state index contributed by atoms with van der Waals surface area (Å²) >= 11 is 0. The Kier molecular flexibility index (Phi) is 11.8. The number of carbonyl (C=O) groups excluding carboxylic acids is 1. The maximum Gasteiger partial charge on any atom is 0.407 e. The topological polar surface area (TPSA) is 100 Å². The highest BCUT2D eigenvalue weighted by Gasteiger charge is 2.27. The maximum atomic E-state index is 11.6. The molecule has 4 rings (SSSR count). The Morgan fingerprint density at radius 1 is 1.22 bits per heavy atom. The Bertz CT molecular complexity index is 1200. The molecule has 8 nitrogen and oxygen atoms in total. The van der Waals surface area contributed by atoms with E-state index in [9.17, 15) is 9.90 Å². The van der Waals surface area contributed by atoms with E-state index in [2.05, 4.69) is 21.8 Å². The third kappa shape index (κ3) is 8.17. The summed E-state index contributed by atoms with van der Waals surface area (Å²) in [5.41, 5.74) is 2.40. The number of alkyl carbamates (subject to hydrolysis) is 1. The van der Waals surface area contributed by atoms with Crippen LogP contribution in [-0.4, -0.2) is 52.4 Å². The predicted molar refractivity (Wildman–Crippen MR) is 151 cm³/mol. The van der Waals surface area contributed by atoms with Gasteiger partial charge in [0.25, 0.3) is 0 Å². The van der Waals surface area contributed by atoms with Gasteiger partial charge in [-0.05, 0) is 62.2 Å². The molecule has 8 heteroatoms. The lowest BCUT2D eigenvalue weighted by Crippen LogP contribution is -2.37. The predicted octanol–water partition coefficient (Wildman–Crippen LogP) is 6.01. The number of aromatic nitrogens is 3.